The van der Waals surface area contributed by atoms with E-state index < -0.39 is 0 Å². The number of nitrogens with one attached hydrogen (secondary N) is 2. The molecule has 0 saturated heterocycles. The lowest BCUT2D eigenvalue weighted by atomic mass is 9.95. The highest BCUT2D eigenvalue weighted by atomic mass is 32.2. The van der Waals surface area contributed by atoms with Crippen molar-refractivity contribution in [3.05, 3.63) is 34.1 Å². The molecule has 2 amide bonds. The first-order valence-electron chi connectivity index (χ1n) is 10.6. The summed E-state index contributed by atoms with van der Waals surface area (Å²) in [6.07, 6.45) is 5.46. The van der Waals surface area contributed by atoms with Gasteiger partial charge in [0.15, 0.2) is 5.82 Å². The van der Waals surface area contributed by atoms with Crippen molar-refractivity contribution in [2.45, 2.75) is 37.8 Å². The number of carbonyl (C=O) groups is 2. The van der Waals surface area contributed by atoms with Crippen LogP contribution in [0.5, 0.6) is 0 Å². The van der Waals surface area contributed by atoms with Crippen molar-refractivity contribution in [1.29, 1.82) is 0 Å². The van der Waals surface area contributed by atoms with Crippen molar-refractivity contribution in [1.82, 2.24) is 20.2 Å². The van der Waals surface area contributed by atoms with Crippen LogP contribution in [-0.4, -0.2) is 52.7 Å². The van der Waals surface area contributed by atoms with Crippen molar-refractivity contribution in [3.8, 4) is 11.4 Å². The molecule has 4 N–H and O–H groups in total. The van der Waals surface area contributed by atoms with Gasteiger partial charge in [0.1, 0.15) is 10.8 Å². The second-order valence-corrected chi connectivity index (χ2v) is 9.61. The summed E-state index contributed by atoms with van der Waals surface area (Å²) >= 11 is 2.66. The third-order valence-corrected chi connectivity index (χ3v) is 7.49. The molecule has 1 aliphatic carbocycles. The van der Waals surface area contributed by atoms with E-state index in [0.717, 1.165) is 36.8 Å². The molecule has 4 rings (SSSR count). The van der Waals surface area contributed by atoms with Crippen LogP contribution in [0.4, 0.5) is 5.00 Å². The minimum Gasteiger partial charge on any atom is -0.469 e. The summed E-state index contributed by atoms with van der Waals surface area (Å²) < 4.78 is 11.7. The number of amides is 2. The standard InChI is InChI=1S/C21H26N6O4S2/c1-12-13(7-9-31-12)18-25-26-21(27(18)22)32-11-16(28)24-20-17(19(29)23-8-10-30-2)14-5-3-4-6-15(14)33-20/h7,9H,3-6,8,10-11,22H2,1-2H3,(H,23,29)(H,24,28). The number of furan rings is 1. The molecule has 33 heavy (non-hydrogen) atoms. The van der Waals surface area contributed by atoms with Crippen molar-refractivity contribution < 1.29 is 18.7 Å². The number of methoxy groups -OCH3 is 1. The fourth-order valence-corrected chi connectivity index (χ4v) is 5.68. The van der Waals surface area contributed by atoms with E-state index >= 15 is 0 Å². The number of nitrogens with two attached hydrogens (primary N) is 1. The van der Waals surface area contributed by atoms with Gasteiger partial charge in [0, 0.05) is 18.5 Å². The molecular formula is C21H26N6O4S2. The number of nitrogen functional groups attached to an aromatic ring is 1. The van der Waals surface area contributed by atoms with Gasteiger partial charge >= 0.3 is 0 Å². The van der Waals surface area contributed by atoms with Gasteiger partial charge in [-0.05, 0) is 44.2 Å². The Hall–Kier alpha value is -2.83. The van der Waals surface area contributed by atoms with E-state index in [0.29, 0.717) is 40.5 Å². The SMILES string of the molecule is COCCNC(=O)c1c(NC(=O)CSc2nnc(-c3ccoc3C)n2N)sc2c1CCCC2. The molecule has 0 unspecified atom stereocenters. The lowest BCUT2D eigenvalue weighted by molar-refractivity contribution is -0.113. The van der Waals surface area contributed by atoms with Crippen molar-refractivity contribution in [2.75, 3.05) is 37.2 Å². The summed E-state index contributed by atoms with van der Waals surface area (Å²) in [4.78, 5) is 26.8. The largest absolute Gasteiger partial charge is 0.469 e. The Morgan fingerprint density at radius 2 is 2.15 bits per heavy atom. The molecule has 12 heteroatoms. The molecule has 0 spiro atoms. The highest BCUT2D eigenvalue weighted by Gasteiger charge is 2.26. The molecule has 10 nitrogen and oxygen atoms in total. The number of aryl methyl sites for hydroxylation is 2. The molecule has 176 valence electrons. The summed E-state index contributed by atoms with van der Waals surface area (Å²) in [5.74, 6) is 6.92. The van der Waals surface area contributed by atoms with Crippen LogP contribution < -0.4 is 16.5 Å². The maximum absolute atomic E-state index is 12.9. The molecule has 0 radical (unpaired) electrons. The Bertz CT molecular complexity index is 1150. The lowest BCUT2D eigenvalue weighted by Crippen LogP contribution is -2.29. The predicted octanol–water partition coefficient (Wildman–Crippen LogP) is 2.61. The number of ether oxygens (including phenoxy) is 1. The normalized spacial score (nSPS) is 13.0. The topological polar surface area (TPSA) is 137 Å². The highest BCUT2D eigenvalue weighted by Crippen LogP contribution is 2.38. The van der Waals surface area contributed by atoms with Gasteiger partial charge in [-0.1, -0.05) is 11.8 Å². The first-order valence-corrected chi connectivity index (χ1v) is 12.4. The fourth-order valence-electron chi connectivity index (χ4n) is 3.72. The van der Waals surface area contributed by atoms with Crippen molar-refractivity contribution in [3.63, 3.8) is 0 Å². The van der Waals surface area contributed by atoms with E-state index in [1.165, 1.54) is 32.7 Å². The Morgan fingerprint density at radius 3 is 2.91 bits per heavy atom. The first-order chi connectivity index (χ1) is 16.0. The van der Waals surface area contributed by atoms with Gasteiger partial charge in [-0.15, -0.1) is 21.5 Å². The summed E-state index contributed by atoms with van der Waals surface area (Å²) in [5, 5.41) is 15.0. The fraction of sp³-hybridized carbons (Fsp3) is 0.429. The highest BCUT2D eigenvalue weighted by molar-refractivity contribution is 7.99. The predicted molar refractivity (Wildman–Crippen MR) is 127 cm³/mol. The van der Waals surface area contributed by atoms with Gasteiger partial charge in [-0.25, -0.2) is 4.68 Å². The third-order valence-electron chi connectivity index (χ3n) is 5.34. The molecule has 3 aromatic heterocycles. The van der Waals surface area contributed by atoms with Crippen LogP contribution in [0.3, 0.4) is 0 Å². The second-order valence-electron chi connectivity index (χ2n) is 7.57. The molecule has 0 aromatic carbocycles. The maximum atomic E-state index is 12.9. The third kappa shape index (κ3) is 5.07. The van der Waals surface area contributed by atoms with Gasteiger partial charge in [-0.2, -0.15) is 0 Å². The lowest BCUT2D eigenvalue weighted by Gasteiger charge is -2.13. The average Bonchev–Trinajstić information content (AvgIpc) is 3.48. The zero-order valence-electron chi connectivity index (χ0n) is 18.5. The monoisotopic (exact) mass is 490 g/mol. The van der Waals surface area contributed by atoms with Crippen LogP contribution >= 0.6 is 23.1 Å². The van der Waals surface area contributed by atoms with E-state index in [4.69, 9.17) is 15.0 Å². The Kier molecular flexibility index (Phi) is 7.36. The number of thioether (sulfide) groups is 1. The molecule has 0 bridgehead atoms. The molecule has 1 aliphatic rings. The van der Waals surface area contributed by atoms with E-state index in [1.54, 1.807) is 19.4 Å². The Labute approximate surface area is 199 Å². The van der Waals surface area contributed by atoms with Gasteiger partial charge in [0.2, 0.25) is 11.1 Å². The number of fused-ring (bicyclic) bond motifs is 1. The zero-order valence-corrected chi connectivity index (χ0v) is 20.1. The second kappa shape index (κ2) is 10.4. The van der Waals surface area contributed by atoms with E-state index in [9.17, 15) is 9.59 Å². The minimum absolute atomic E-state index is 0.0764. The van der Waals surface area contributed by atoms with Gasteiger partial charge < -0.3 is 25.6 Å². The number of nitrogens with zero attached hydrogens (tertiary/aromatic N) is 3. The molecule has 3 aromatic rings. The van der Waals surface area contributed by atoms with E-state index in [-0.39, 0.29) is 17.6 Å². The Morgan fingerprint density at radius 1 is 1.33 bits per heavy atom. The van der Waals surface area contributed by atoms with Gasteiger partial charge in [0.25, 0.3) is 5.91 Å². The number of hydrogen-bond acceptors (Lipinski definition) is 9. The van der Waals surface area contributed by atoms with Crippen molar-refractivity contribution >= 4 is 39.9 Å². The summed E-state index contributed by atoms with van der Waals surface area (Å²) in [6, 6.07) is 1.77. The number of hydrogen-bond donors (Lipinski definition) is 3. The molecule has 3 heterocycles. The number of anilines is 1. The zero-order chi connectivity index (χ0) is 23.4. The van der Waals surface area contributed by atoms with Gasteiger partial charge in [0.05, 0.1) is 29.7 Å². The van der Waals surface area contributed by atoms with E-state index in [1.807, 2.05) is 6.92 Å². The molecule has 0 saturated carbocycles. The maximum Gasteiger partial charge on any atom is 0.254 e. The minimum atomic E-state index is -0.242. The molecular weight excluding hydrogens is 464 g/mol. The number of rotatable bonds is 9. The Balaban J connectivity index is 1.45. The first kappa shape index (κ1) is 23.3. The summed E-state index contributed by atoms with van der Waals surface area (Å²) in [7, 11) is 1.59. The van der Waals surface area contributed by atoms with Crippen LogP contribution in [0.2, 0.25) is 0 Å². The van der Waals surface area contributed by atoms with Gasteiger partial charge in [-0.3, -0.25) is 9.59 Å². The molecule has 0 atom stereocenters. The van der Waals surface area contributed by atoms with Crippen LogP contribution in [0.1, 0.15) is 39.4 Å². The quantitative estimate of drug-likeness (QED) is 0.236. The van der Waals surface area contributed by atoms with Crippen LogP contribution in [0, 0.1) is 6.92 Å². The smallest absolute Gasteiger partial charge is 0.254 e. The van der Waals surface area contributed by atoms with Crippen molar-refractivity contribution in [2.24, 2.45) is 0 Å². The number of aromatic nitrogens is 3. The van der Waals surface area contributed by atoms with Crippen LogP contribution in [-0.2, 0) is 22.4 Å². The van der Waals surface area contributed by atoms with E-state index in [2.05, 4.69) is 20.8 Å². The van der Waals surface area contributed by atoms with Crippen LogP contribution in [0.15, 0.2) is 21.9 Å². The summed E-state index contributed by atoms with van der Waals surface area (Å²) in [5.41, 5.74) is 2.37. The number of carbonyl (C=O) groups excluding carboxylic acids is 2. The number of thiophene rings is 1. The molecule has 0 fully saturated rings. The average molecular weight is 491 g/mol. The molecule has 0 aliphatic heterocycles. The summed E-state index contributed by atoms with van der Waals surface area (Å²) in [6.45, 7) is 2.65. The van der Waals surface area contributed by atoms with Crippen LogP contribution in [0.25, 0.3) is 11.4 Å².